The predicted molar refractivity (Wildman–Crippen MR) is 93.6 cm³/mol. The molecule has 0 saturated heterocycles. The minimum Gasteiger partial charge on any atom is -0.758 e. The molecule has 0 amide bonds. The smallest absolute Gasteiger partial charge is 0.237 e. The fourth-order valence-electron chi connectivity index (χ4n) is 2.38. The first kappa shape index (κ1) is 17.0. The Kier molecular flexibility index (Phi) is 5.30. The SMILES string of the molecule is O=C(c1ccc(F)cc1)[C@H](C([S-])=NCc1ccco1)[n+]1ccccc1. The second-order valence-electron chi connectivity index (χ2n) is 5.33. The highest BCUT2D eigenvalue weighted by Gasteiger charge is 2.28. The van der Waals surface area contributed by atoms with Gasteiger partial charge in [0.25, 0.3) is 0 Å². The van der Waals surface area contributed by atoms with Crippen LogP contribution < -0.4 is 4.57 Å². The van der Waals surface area contributed by atoms with E-state index in [9.17, 15) is 9.18 Å². The summed E-state index contributed by atoms with van der Waals surface area (Å²) in [5, 5.41) is 0.238. The summed E-state index contributed by atoms with van der Waals surface area (Å²) in [4.78, 5) is 17.3. The first-order chi connectivity index (χ1) is 12.1. The molecule has 0 bridgehead atoms. The van der Waals surface area contributed by atoms with Gasteiger partial charge in [-0.1, -0.05) is 6.07 Å². The van der Waals surface area contributed by atoms with Gasteiger partial charge in [-0.25, -0.2) is 4.39 Å². The third-order valence-electron chi connectivity index (χ3n) is 3.62. The quantitative estimate of drug-likeness (QED) is 0.224. The van der Waals surface area contributed by atoms with Crippen molar-refractivity contribution in [2.24, 2.45) is 4.99 Å². The molecular formula is C19H15FN2O2S. The van der Waals surface area contributed by atoms with Crippen LogP contribution in [0.1, 0.15) is 22.2 Å². The van der Waals surface area contributed by atoms with E-state index in [4.69, 9.17) is 17.0 Å². The molecule has 6 heteroatoms. The summed E-state index contributed by atoms with van der Waals surface area (Å²) in [6.45, 7) is 0.256. The Bertz CT molecular complexity index is 862. The lowest BCUT2D eigenvalue weighted by molar-refractivity contribution is -0.691. The first-order valence-corrected chi connectivity index (χ1v) is 8.05. The van der Waals surface area contributed by atoms with Gasteiger partial charge in [-0.15, -0.1) is 0 Å². The summed E-state index contributed by atoms with van der Waals surface area (Å²) in [6, 6.07) is 13.6. The summed E-state index contributed by atoms with van der Waals surface area (Å²) in [5.74, 6) is 0.0170. The molecular weight excluding hydrogens is 339 g/mol. The number of hydrogen-bond acceptors (Lipinski definition) is 4. The number of aliphatic imine (C=N–C) groups is 1. The van der Waals surface area contributed by atoms with E-state index >= 15 is 0 Å². The highest BCUT2D eigenvalue weighted by molar-refractivity contribution is 7.77. The molecule has 0 N–H and O–H groups in total. The minimum atomic E-state index is -0.781. The molecule has 0 saturated carbocycles. The molecule has 0 aliphatic heterocycles. The fraction of sp³-hybridized carbons (Fsp3) is 0.105. The van der Waals surface area contributed by atoms with Crippen LogP contribution in [0, 0.1) is 5.82 Å². The second kappa shape index (κ2) is 7.81. The van der Waals surface area contributed by atoms with Gasteiger partial charge in [0.15, 0.2) is 12.4 Å². The van der Waals surface area contributed by atoms with Crippen molar-refractivity contribution in [3.63, 3.8) is 0 Å². The Balaban J connectivity index is 1.93. The molecule has 0 radical (unpaired) electrons. The van der Waals surface area contributed by atoms with Crippen LogP contribution in [0.4, 0.5) is 4.39 Å². The molecule has 1 aromatic carbocycles. The lowest BCUT2D eigenvalue weighted by atomic mass is 10.0. The third kappa shape index (κ3) is 4.16. The number of nitrogens with zero attached hydrogens (tertiary/aromatic N) is 2. The van der Waals surface area contributed by atoms with E-state index in [2.05, 4.69) is 4.99 Å². The Morgan fingerprint density at radius 1 is 1.12 bits per heavy atom. The normalized spacial score (nSPS) is 12.8. The van der Waals surface area contributed by atoms with Crippen molar-refractivity contribution < 1.29 is 18.2 Å². The molecule has 1 atom stereocenters. The number of pyridine rings is 1. The molecule has 2 heterocycles. The van der Waals surface area contributed by atoms with Crippen molar-refractivity contribution in [2.45, 2.75) is 12.6 Å². The molecule has 3 aromatic rings. The van der Waals surface area contributed by atoms with E-state index in [1.165, 1.54) is 24.3 Å². The van der Waals surface area contributed by atoms with E-state index in [1.54, 1.807) is 47.5 Å². The van der Waals surface area contributed by atoms with Crippen molar-refractivity contribution in [1.29, 1.82) is 0 Å². The van der Waals surface area contributed by atoms with Gasteiger partial charge < -0.3 is 22.0 Å². The van der Waals surface area contributed by atoms with Crippen LogP contribution in [0.3, 0.4) is 0 Å². The van der Waals surface area contributed by atoms with Crippen LogP contribution in [0.25, 0.3) is 0 Å². The van der Waals surface area contributed by atoms with E-state index < -0.39 is 11.9 Å². The van der Waals surface area contributed by atoms with Gasteiger partial charge in [0.05, 0.1) is 12.8 Å². The Hall–Kier alpha value is -2.86. The maximum atomic E-state index is 13.1. The van der Waals surface area contributed by atoms with Crippen LogP contribution in [0.15, 0.2) is 82.7 Å². The average Bonchev–Trinajstić information content (AvgIpc) is 3.15. The Labute approximate surface area is 150 Å². The highest BCUT2D eigenvalue weighted by Crippen LogP contribution is 2.13. The molecule has 25 heavy (non-hydrogen) atoms. The third-order valence-corrected chi connectivity index (χ3v) is 3.97. The number of furan rings is 1. The van der Waals surface area contributed by atoms with Gasteiger partial charge in [-0.3, -0.25) is 4.79 Å². The maximum Gasteiger partial charge on any atom is 0.237 e. The van der Waals surface area contributed by atoms with Gasteiger partial charge >= 0.3 is 0 Å². The number of ketones is 1. The molecule has 2 aromatic heterocycles. The number of halogens is 1. The van der Waals surface area contributed by atoms with Crippen LogP contribution in [0.5, 0.6) is 0 Å². The molecule has 126 valence electrons. The number of carbonyl (C=O) groups is 1. The standard InChI is InChI=1S/C19H15FN2O2S/c20-15-8-6-14(7-9-15)18(23)17(22-10-2-1-3-11-22)19(25)21-13-16-5-4-12-24-16/h1-12,17H,13H2/t17-/m1/s1. The lowest BCUT2D eigenvalue weighted by Crippen LogP contribution is -2.47. The van der Waals surface area contributed by atoms with Crippen molar-refractivity contribution in [2.75, 3.05) is 0 Å². The molecule has 0 aliphatic rings. The van der Waals surface area contributed by atoms with E-state index in [-0.39, 0.29) is 17.4 Å². The van der Waals surface area contributed by atoms with E-state index in [0.29, 0.717) is 11.3 Å². The Morgan fingerprint density at radius 3 is 2.48 bits per heavy atom. The summed E-state index contributed by atoms with van der Waals surface area (Å²) >= 11 is 5.41. The number of rotatable bonds is 6. The number of hydrogen-bond donors (Lipinski definition) is 0. The van der Waals surface area contributed by atoms with Crippen LogP contribution in [-0.4, -0.2) is 10.8 Å². The van der Waals surface area contributed by atoms with Crippen molar-refractivity contribution in [3.8, 4) is 0 Å². The second-order valence-corrected chi connectivity index (χ2v) is 5.75. The van der Waals surface area contributed by atoms with Crippen LogP contribution >= 0.6 is 0 Å². The first-order valence-electron chi connectivity index (χ1n) is 7.64. The Morgan fingerprint density at radius 2 is 1.84 bits per heavy atom. The van der Waals surface area contributed by atoms with Gasteiger partial charge in [-0.05, 0) is 41.4 Å². The average molecular weight is 354 g/mol. The molecule has 0 unspecified atom stereocenters. The molecule has 3 rings (SSSR count). The molecule has 0 fully saturated rings. The van der Waals surface area contributed by atoms with E-state index in [1.807, 2.05) is 6.07 Å². The summed E-state index contributed by atoms with van der Waals surface area (Å²) in [7, 11) is 0. The molecule has 0 aliphatic carbocycles. The minimum absolute atomic E-state index is 0.238. The number of Topliss-reactive ketones (excluding diaryl/α,β-unsaturated/α-hetero) is 1. The number of benzene rings is 1. The number of carbonyl (C=O) groups excluding carboxylic acids is 1. The molecule has 0 spiro atoms. The van der Waals surface area contributed by atoms with Gasteiger partial charge in [0.1, 0.15) is 11.6 Å². The summed E-state index contributed by atoms with van der Waals surface area (Å²) < 4.78 is 20.1. The monoisotopic (exact) mass is 354 g/mol. The van der Waals surface area contributed by atoms with Gasteiger partial charge in [0.2, 0.25) is 11.8 Å². The highest BCUT2D eigenvalue weighted by atomic mass is 32.1. The predicted octanol–water partition coefficient (Wildman–Crippen LogP) is 3.28. The van der Waals surface area contributed by atoms with Crippen molar-refractivity contribution in [1.82, 2.24) is 0 Å². The fourth-order valence-corrected chi connectivity index (χ4v) is 2.67. The largest absolute Gasteiger partial charge is 0.758 e. The van der Waals surface area contributed by atoms with E-state index in [0.717, 1.165) is 0 Å². The zero-order valence-corrected chi connectivity index (χ0v) is 14.0. The van der Waals surface area contributed by atoms with Crippen LogP contribution in [0.2, 0.25) is 0 Å². The van der Waals surface area contributed by atoms with Crippen molar-refractivity contribution in [3.05, 3.63) is 90.4 Å². The van der Waals surface area contributed by atoms with Gasteiger partial charge in [0, 0.05) is 17.7 Å². The maximum absolute atomic E-state index is 13.1. The summed E-state index contributed by atoms with van der Waals surface area (Å²) in [5.41, 5.74) is 0.373. The van der Waals surface area contributed by atoms with Crippen LogP contribution in [-0.2, 0) is 19.2 Å². The van der Waals surface area contributed by atoms with Crippen molar-refractivity contribution >= 4 is 23.5 Å². The van der Waals surface area contributed by atoms with Gasteiger partial charge in [-0.2, -0.15) is 4.57 Å². The zero-order valence-electron chi connectivity index (χ0n) is 13.2. The lowest BCUT2D eigenvalue weighted by Gasteiger charge is -2.18. The zero-order chi connectivity index (χ0) is 17.6. The molecule has 4 nitrogen and oxygen atoms in total. The number of aromatic nitrogens is 1. The topological polar surface area (TPSA) is 46.5 Å². The summed E-state index contributed by atoms with van der Waals surface area (Å²) in [6.07, 6.45) is 5.06.